The Morgan fingerprint density at radius 3 is 2.42 bits per heavy atom. The van der Waals surface area contributed by atoms with Crippen LogP contribution in [0.2, 0.25) is 19.6 Å². The van der Waals surface area contributed by atoms with Gasteiger partial charge in [0, 0.05) is 30.1 Å². The van der Waals surface area contributed by atoms with Crippen LogP contribution in [0.5, 0.6) is 0 Å². The van der Waals surface area contributed by atoms with E-state index >= 15 is 0 Å². The SMILES string of the molecule is CC1(C)C(=O)CC[C@]2(C)C3=CC(=O)CC[C@]3(CC#C[Si](C)(C)C)CC[C@@H]12. The van der Waals surface area contributed by atoms with Crippen LogP contribution in [0.25, 0.3) is 0 Å². The predicted octanol–water partition coefficient (Wildman–Crippen LogP) is 5.34. The smallest absolute Gasteiger partial charge is 0.155 e. The van der Waals surface area contributed by atoms with E-state index in [0.29, 0.717) is 24.5 Å². The monoisotopic (exact) mass is 370 g/mol. The zero-order valence-electron chi connectivity index (χ0n) is 17.4. The van der Waals surface area contributed by atoms with E-state index in [1.165, 1.54) is 5.57 Å². The Morgan fingerprint density at radius 1 is 1.08 bits per heavy atom. The van der Waals surface area contributed by atoms with Crippen molar-refractivity contribution in [3.63, 3.8) is 0 Å². The number of hydrogen-bond donors (Lipinski definition) is 0. The molecule has 0 aromatic carbocycles. The van der Waals surface area contributed by atoms with Gasteiger partial charge in [-0.1, -0.05) is 46.0 Å². The first-order chi connectivity index (χ1) is 11.9. The summed E-state index contributed by atoms with van der Waals surface area (Å²) in [6.45, 7) is 13.4. The molecule has 0 amide bonds. The fourth-order valence-electron chi connectivity index (χ4n) is 5.95. The van der Waals surface area contributed by atoms with Crippen molar-refractivity contribution in [1.29, 1.82) is 0 Å². The van der Waals surface area contributed by atoms with E-state index in [-0.39, 0.29) is 22.0 Å². The fraction of sp³-hybridized carbons (Fsp3) is 0.739. The van der Waals surface area contributed by atoms with Gasteiger partial charge >= 0.3 is 0 Å². The second-order valence-electron chi connectivity index (χ2n) is 10.7. The molecule has 0 saturated heterocycles. The summed E-state index contributed by atoms with van der Waals surface area (Å²) in [6.07, 6.45) is 8.13. The molecular weight excluding hydrogens is 336 g/mol. The zero-order valence-corrected chi connectivity index (χ0v) is 18.4. The Bertz CT molecular complexity index is 728. The summed E-state index contributed by atoms with van der Waals surface area (Å²) in [5.41, 5.74) is 4.61. The summed E-state index contributed by atoms with van der Waals surface area (Å²) in [4.78, 5) is 25.0. The first kappa shape index (κ1) is 19.6. The highest BCUT2D eigenvalue weighted by molar-refractivity contribution is 6.83. The van der Waals surface area contributed by atoms with E-state index in [1.807, 2.05) is 6.08 Å². The molecule has 142 valence electrons. The van der Waals surface area contributed by atoms with Gasteiger partial charge in [-0.15, -0.1) is 11.5 Å². The van der Waals surface area contributed by atoms with Crippen molar-refractivity contribution in [2.75, 3.05) is 0 Å². The highest BCUT2D eigenvalue weighted by atomic mass is 28.3. The van der Waals surface area contributed by atoms with Crippen molar-refractivity contribution in [2.45, 2.75) is 85.4 Å². The molecule has 3 aliphatic rings. The molecule has 2 nitrogen and oxygen atoms in total. The van der Waals surface area contributed by atoms with Gasteiger partial charge in [0.2, 0.25) is 0 Å². The molecule has 3 aliphatic carbocycles. The normalized spacial score (nSPS) is 36.4. The Kier molecular flexibility index (Phi) is 4.67. The van der Waals surface area contributed by atoms with Gasteiger partial charge in [-0.3, -0.25) is 9.59 Å². The summed E-state index contributed by atoms with van der Waals surface area (Å²) < 4.78 is 0. The molecule has 2 saturated carbocycles. The van der Waals surface area contributed by atoms with Crippen molar-refractivity contribution in [3.8, 4) is 11.5 Å². The number of rotatable bonds is 1. The highest BCUT2D eigenvalue weighted by Gasteiger charge is 2.59. The molecule has 0 aliphatic heterocycles. The molecular formula is C23H34O2Si. The maximum absolute atomic E-state index is 12.6. The van der Waals surface area contributed by atoms with Crippen LogP contribution in [0.1, 0.15) is 65.7 Å². The van der Waals surface area contributed by atoms with E-state index in [0.717, 1.165) is 32.1 Å². The highest BCUT2D eigenvalue weighted by Crippen LogP contribution is 2.65. The molecule has 0 unspecified atom stereocenters. The van der Waals surface area contributed by atoms with E-state index in [1.54, 1.807) is 0 Å². The molecule has 0 aromatic heterocycles. The van der Waals surface area contributed by atoms with Gasteiger partial charge in [0.25, 0.3) is 0 Å². The number of carbonyl (C=O) groups is 2. The van der Waals surface area contributed by atoms with Crippen molar-refractivity contribution in [3.05, 3.63) is 11.6 Å². The molecule has 0 bridgehead atoms. The Balaban J connectivity index is 2.03. The third-order valence-electron chi connectivity index (χ3n) is 7.37. The first-order valence-corrected chi connectivity index (χ1v) is 13.7. The van der Waals surface area contributed by atoms with Crippen LogP contribution in [-0.4, -0.2) is 19.6 Å². The average Bonchev–Trinajstić information content (AvgIpc) is 2.51. The molecule has 2 fully saturated rings. The minimum atomic E-state index is -1.39. The van der Waals surface area contributed by atoms with Crippen molar-refractivity contribution in [2.24, 2.45) is 22.2 Å². The van der Waals surface area contributed by atoms with Gasteiger partial charge in [0.1, 0.15) is 13.9 Å². The summed E-state index contributed by atoms with van der Waals surface area (Å²) >= 11 is 0. The molecule has 0 aromatic rings. The maximum atomic E-state index is 12.6. The number of hydrogen-bond acceptors (Lipinski definition) is 2. The Labute approximate surface area is 160 Å². The van der Waals surface area contributed by atoms with E-state index in [4.69, 9.17) is 0 Å². The van der Waals surface area contributed by atoms with Crippen LogP contribution >= 0.6 is 0 Å². The molecule has 3 atom stereocenters. The van der Waals surface area contributed by atoms with Gasteiger partial charge < -0.3 is 0 Å². The summed E-state index contributed by atoms with van der Waals surface area (Å²) in [7, 11) is -1.39. The maximum Gasteiger partial charge on any atom is 0.155 e. The van der Waals surface area contributed by atoms with E-state index < -0.39 is 8.07 Å². The minimum absolute atomic E-state index is 0.0351. The Morgan fingerprint density at radius 2 is 1.77 bits per heavy atom. The summed E-state index contributed by atoms with van der Waals surface area (Å²) in [5.74, 6) is 4.54. The summed E-state index contributed by atoms with van der Waals surface area (Å²) in [5, 5.41) is 0. The van der Waals surface area contributed by atoms with Crippen LogP contribution in [0.4, 0.5) is 0 Å². The second-order valence-corrected chi connectivity index (χ2v) is 15.4. The van der Waals surface area contributed by atoms with Crippen LogP contribution < -0.4 is 0 Å². The molecule has 0 heterocycles. The van der Waals surface area contributed by atoms with Crippen molar-refractivity contribution >= 4 is 19.6 Å². The lowest BCUT2D eigenvalue weighted by molar-refractivity contribution is -0.142. The van der Waals surface area contributed by atoms with Crippen molar-refractivity contribution in [1.82, 2.24) is 0 Å². The number of Topliss-reactive ketones (excluding diaryl/α,β-unsaturated/α-hetero) is 1. The minimum Gasteiger partial charge on any atom is -0.299 e. The first-order valence-electron chi connectivity index (χ1n) is 10.2. The molecule has 0 radical (unpaired) electrons. The van der Waals surface area contributed by atoms with E-state index in [9.17, 15) is 9.59 Å². The molecule has 3 heteroatoms. The lowest BCUT2D eigenvalue weighted by Gasteiger charge is -2.60. The third-order valence-corrected chi connectivity index (χ3v) is 8.30. The fourth-order valence-corrected chi connectivity index (χ4v) is 6.57. The van der Waals surface area contributed by atoms with E-state index in [2.05, 4.69) is 51.9 Å². The molecule has 0 spiro atoms. The van der Waals surface area contributed by atoms with Gasteiger partial charge in [-0.25, -0.2) is 0 Å². The quantitative estimate of drug-likeness (QED) is 0.461. The average molecular weight is 371 g/mol. The van der Waals surface area contributed by atoms with Gasteiger partial charge in [-0.2, -0.15) is 0 Å². The predicted molar refractivity (Wildman–Crippen MR) is 109 cm³/mol. The Hall–Kier alpha value is -1.14. The number of carbonyl (C=O) groups excluding carboxylic acids is 2. The van der Waals surface area contributed by atoms with Crippen LogP contribution in [-0.2, 0) is 9.59 Å². The number of fused-ring (bicyclic) bond motifs is 3. The standard InChI is InChI=1S/C23H34O2Si/c1-21(2)18-9-14-23(11-7-15-26(4,5)6)13-8-17(24)16-19(23)22(18,3)12-10-20(21)25/h16,18H,8-14H2,1-6H3/t18-,22-,23+/m0/s1. The summed E-state index contributed by atoms with van der Waals surface area (Å²) in [6, 6.07) is 0. The lowest BCUT2D eigenvalue weighted by Crippen LogP contribution is -2.55. The number of allylic oxidation sites excluding steroid dienone is 2. The molecule has 3 rings (SSSR count). The van der Waals surface area contributed by atoms with Gasteiger partial charge in [0.05, 0.1) is 0 Å². The molecule has 26 heavy (non-hydrogen) atoms. The van der Waals surface area contributed by atoms with Crippen molar-refractivity contribution < 1.29 is 9.59 Å². The second kappa shape index (κ2) is 6.19. The third kappa shape index (κ3) is 3.15. The van der Waals surface area contributed by atoms with Gasteiger partial charge in [-0.05, 0) is 43.1 Å². The number of ketones is 2. The van der Waals surface area contributed by atoms with Crippen LogP contribution in [0.3, 0.4) is 0 Å². The van der Waals surface area contributed by atoms with Gasteiger partial charge in [0.15, 0.2) is 5.78 Å². The largest absolute Gasteiger partial charge is 0.299 e. The topological polar surface area (TPSA) is 34.1 Å². The molecule has 0 N–H and O–H groups in total. The van der Waals surface area contributed by atoms with Crippen LogP contribution in [0, 0.1) is 33.6 Å². The zero-order chi connectivity index (χ0) is 19.4. The lowest BCUT2D eigenvalue weighted by atomic mass is 9.43. The van der Waals surface area contributed by atoms with Crippen LogP contribution in [0.15, 0.2) is 11.6 Å².